The van der Waals surface area contributed by atoms with Crippen LogP contribution >= 0.6 is 23.2 Å². The van der Waals surface area contributed by atoms with E-state index >= 15 is 0 Å². The van der Waals surface area contributed by atoms with Gasteiger partial charge in [-0.2, -0.15) is 9.78 Å². The molecule has 2 N–H and O–H groups in total. The number of rotatable bonds is 5. The lowest BCUT2D eigenvalue weighted by Gasteiger charge is -2.14. The summed E-state index contributed by atoms with van der Waals surface area (Å²) >= 11 is 12.0. The predicted molar refractivity (Wildman–Crippen MR) is 99.7 cm³/mol. The van der Waals surface area contributed by atoms with Gasteiger partial charge in [-0.1, -0.05) is 53.5 Å². The van der Waals surface area contributed by atoms with Crippen molar-refractivity contribution < 1.29 is 5.11 Å². The van der Waals surface area contributed by atoms with Gasteiger partial charge in [-0.05, 0) is 29.8 Å². The molecule has 0 spiro atoms. The van der Waals surface area contributed by atoms with Crippen molar-refractivity contribution >= 4 is 28.9 Å². The first-order valence-electron chi connectivity index (χ1n) is 7.57. The first kappa shape index (κ1) is 17.5. The SMILES string of the molecule is O=c1c(Cl)c(NCC(O)c2ccc(Cl)cc2)cnn1-c1ccccc1. The van der Waals surface area contributed by atoms with E-state index in [0.717, 1.165) is 0 Å². The van der Waals surface area contributed by atoms with Crippen molar-refractivity contribution in [2.75, 3.05) is 11.9 Å². The summed E-state index contributed by atoms with van der Waals surface area (Å²) in [4.78, 5) is 12.4. The molecule has 3 rings (SSSR count). The van der Waals surface area contributed by atoms with Crippen molar-refractivity contribution in [2.45, 2.75) is 6.10 Å². The minimum atomic E-state index is -0.773. The minimum absolute atomic E-state index is 0.0159. The van der Waals surface area contributed by atoms with Crippen molar-refractivity contribution in [1.82, 2.24) is 9.78 Å². The van der Waals surface area contributed by atoms with Gasteiger partial charge in [0.15, 0.2) is 0 Å². The predicted octanol–water partition coefficient (Wildman–Crippen LogP) is 3.68. The number of aromatic nitrogens is 2. The number of halogens is 2. The van der Waals surface area contributed by atoms with Crippen LogP contribution in [0.4, 0.5) is 5.69 Å². The third-order valence-electron chi connectivity index (χ3n) is 3.66. The molecule has 7 heteroatoms. The van der Waals surface area contributed by atoms with Crippen LogP contribution in [-0.4, -0.2) is 21.4 Å². The number of aliphatic hydroxyl groups excluding tert-OH is 1. The zero-order chi connectivity index (χ0) is 17.8. The van der Waals surface area contributed by atoms with Crippen molar-refractivity contribution in [3.63, 3.8) is 0 Å². The maximum Gasteiger partial charge on any atom is 0.292 e. The normalized spacial score (nSPS) is 12.0. The van der Waals surface area contributed by atoms with Crippen LogP contribution in [0.2, 0.25) is 10.0 Å². The van der Waals surface area contributed by atoms with Crippen LogP contribution in [0.5, 0.6) is 0 Å². The van der Waals surface area contributed by atoms with Gasteiger partial charge in [0, 0.05) is 11.6 Å². The Morgan fingerprint density at radius 1 is 1.08 bits per heavy atom. The largest absolute Gasteiger partial charge is 0.387 e. The summed E-state index contributed by atoms with van der Waals surface area (Å²) < 4.78 is 1.23. The van der Waals surface area contributed by atoms with Gasteiger partial charge < -0.3 is 10.4 Å². The van der Waals surface area contributed by atoms with Gasteiger partial charge in [0.1, 0.15) is 5.02 Å². The first-order chi connectivity index (χ1) is 12.1. The molecule has 0 radical (unpaired) electrons. The topological polar surface area (TPSA) is 67.2 Å². The molecule has 1 unspecified atom stereocenters. The van der Waals surface area contributed by atoms with Gasteiger partial charge in [0.25, 0.3) is 5.56 Å². The monoisotopic (exact) mass is 375 g/mol. The Balaban J connectivity index is 1.76. The molecule has 0 aliphatic heterocycles. The quantitative estimate of drug-likeness (QED) is 0.713. The Kier molecular flexibility index (Phi) is 5.38. The maximum absolute atomic E-state index is 12.4. The molecule has 0 saturated carbocycles. The van der Waals surface area contributed by atoms with Crippen LogP contribution in [0, 0.1) is 0 Å². The second kappa shape index (κ2) is 7.70. The molecular formula is C18H15Cl2N3O2. The highest BCUT2D eigenvalue weighted by molar-refractivity contribution is 6.33. The molecule has 1 atom stereocenters. The number of anilines is 1. The first-order valence-corrected chi connectivity index (χ1v) is 8.32. The van der Waals surface area contributed by atoms with Gasteiger partial charge in [-0.3, -0.25) is 4.79 Å². The Hall–Kier alpha value is -2.34. The third kappa shape index (κ3) is 4.02. The summed E-state index contributed by atoms with van der Waals surface area (Å²) in [6.07, 6.45) is 0.690. The number of hydrogen-bond acceptors (Lipinski definition) is 4. The van der Waals surface area contributed by atoms with E-state index < -0.39 is 11.7 Å². The molecule has 0 fully saturated rings. The molecule has 1 aromatic heterocycles. The van der Waals surface area contributed by atoms with Crippen LogP contribution in [0.25, 0.3) is 5.69 Å². The highest BCUT2D eigenvalue weighted by Crippen LogP contribution is 2.20. The summed E-state index contributed by atoms with van der Waals surface area (Å²) in [7, 11) is 0. The highest BCUT2D eigenvalue weighted by atomic mass is 35.5. The molecule has 0 saturated heterocycles. The van der Waals surface area contributed by atoms with E-state index in [-0.39, 0.29) is 11.6 Å². The number of hydrogen-bond donors (Lipinski definition) is 2. The molecule has 3 aromatic rings. The lowest BCUT2D eigenvalue weighted by Crippen LogP contribution is -2.23. The second-order valence-corrected chi connectivity index (χ2v) is 6.19. The summed E-state index contributed by atoms with van der Waals surface area (Å²) in [5.74, 6) is 0. The lowest BCUT2D eigenvalue weighted by molar-refractivity contribution is 0.191. The summed E-state index contributed by atoms with van der Waals surface area (Å²) in [6.45, 7) is 0.178. The van der Waals surface area contributed by atoms with Crippen LogP contribution in [0.1, 0.15) is 11.7 Å². The number of nitrogens with one attached hydrogen (secondary N) is 1. The Labute approximate surface area is 154 Å². The van der Waals surface area contributed by atoms with E-state index in [1.165, 1.54) is 10.9 Å². The van der Waals surface area contributed by atoms with Gasteiger partial charge in [-0.15, -0.1) is 0 Å². The van der Waals surface area contributed by atoms with Crippen LogP contribution in [0.3, 0.4) is 0 Å². The molecule has 2 aromatic carbocycles. The summed E-state index contributed by atoms with van der Waals surface area (Å²) in [6, 6.07) is 15.9. The molecule has 0 aliphatic carbocycles. The fourth-order valence-electron chi connectivity index (χ4n) is 2.32. The Morgan fingerprint density at radius 3 is 2.44 bits per heavy atom. The molecule has 25 heavy (non-hydrogen) atoms. The molecule has 0 aliphatic rings. The van der Waals surface area contributed by atoms with Gasteiger partial charge in [0.05, 0.1) is 23.7 Å². The smallest absolute Gasteiger partial charge is 0.292 e. The van der Waals surface area contributed by atoms with Gasteiger partial charge in [0.2, 0.25) is 0 Å². The molecular weight excluding hydrogens is 361 g/mol. The molecule has 1 heterocycles. The Bertz CT molecular complexity index is 912. The zero-order valence-electron chi connectivity index (χ0n) is 13.1. The van der Waals surface area contributed by atoms with E-state index in [2.05, 4.69) is 10.4 Å². The van der Waals surface area contributed by atoms with E-state index in [9.17, 15) is 9.90 Å². The fraction of sp³-hybridized carbons (Fsp3) is 0.111. The van der Waals surface area contributed by atoms with Crippen LogP contribution in [-0.2, 0) is 0 Å². The van der Waals surface area contributed by atoms with E-state index in [0.29, 0.717) is 22.0 Å². The molecule has 0 amide bonds. The van der Waals surface area contributed by atoms with E-state index in [1.807, 2.05) is 18.2 Å². The molecule has 128 valence electrons. The molecule has 0 bridgehead atoms. The Morgan fingerprint density at radius 2 is 1.76 bits per heavy atom. The van der Waals surface area contributed by atoms with E-state index in [4.69, 9.17) is 23.2 Å². The minimum Gasteiger partial charge on any atom is -0.387 e. The van der Waals surface area contributed by atoms with Crippen LogP contribution in [0.15, 0.2) is 65.6 Å². The summed E-state index contributed by atoms with van der Waals surface area (Å²) in [5.41, 5.74) is 1.27. The average molecular weight is 376 g/mol. The summed E-state index contributed by atoms with van der Waals surface area (Å²) in [5, 5.41) is 17.9. The number of nitrogens with zero attached hydrogens (tertiary/aromatic N) is 2. The van der Waals surface area contributed by atoms with Crippen molar-refractivity contribution in [3.8, 4) is 5.69 Å². The number of benzene rings is 2. The maximum atomic E-state index is 12.4. The standard InChI is InChI=1S/C18H15Cl2N3O2/c19-13-8-6-12(7-9-13)16(24)11-21-15-10-22-23(18(25)17(15)20)14-4-2-1-3-5-14/h1-10,16,21,24H,11H2. The van der Waals surface area contributed by atoms with Crippen molar-refractivity contribution in [3.05, 3.63) is 86.8 Å². The number of para-hydroxylation sites is 1. The van der Waals surface area contributed by atoms with Crippen LogP contribution < -0.4 is 10.9 Å². The lowest BCUT2D eigenvalue weighted by atomic mass is 10.1. The average Bonchev–Trinajstić information content (AvgIpc) is 2.64. The van der Waals surface area contributed by atoms with Gasteiger partial charge in [-0.25, -0.2) is 0 Å². The van der Waals surface area contributed by atoms with Crippen molar-refractivity contribution in [2.24, 2.45) is 0 Å². The van der Waals surface area contributed by atoms with Crippen molar-refractivity contribution in [1.29, 1.82) is 0 Å². The second-order valence-electron chi connectivity index (χ2n) is 5.37. The van der Waals surface area contributed by atoms with E-state index in [1.54, 1.807) is 36.4 Å². The molecule has 5 nitrogen and oxygen atoms in total. The fourth-order valence-corrected chi connectivity index (χ4v) is 2.64. The number of aliphatic hydroxyl groups is 1. The van der Waals surface area contributed by atoms with Gasteiger partial charge >= 0.3 is 0 Å². The zero-order valence-corrected chi connectivity index (χ0v) is 14.6. The third-order valence-corrected chi connectivity index (χ3v) is 4.28. The highest BCUT2D eigenvalue weighted by Gasteiger charge is 2.13.